The quantitative estimate of drug-likeness (QED) is 0.417. The van der Waals surface area contributed by atoms with E-state index in [1.807, 2.05) is 6.07 Å². The number of carbonyl (C=O) groups is 1. The van der Waals surface area contributed by atoms with Gasteiger partial charge in [0.2, 0.25) is 0 Å². The average molecular weight is 395 g/mol. The standard InChI is InChI=1S/C18H11ClN6O3/c19-12-4-6-16(25(27)28)14(9-12)18(26)21-13-3-1-2-11(8-13)15-5-7-17-22-20-10-24(17)23-15/h1-10H,(H,21,26). The van der Waals surface area contributed by atoms with Crippen LogP contribution in [0.1, 0.15) is 10.4 Å². The molecule has 28 heavy (non-hydrogen) atoms. The lowest BCUT2D eigenvalue weighted by Crippen LogP contribution is -2.14. The van der Waals surface area contributed by atoms with Gasteiger partial charge in [0.15, 0.2) is 5.65 Å². The van der Waals surface area contributed by atoms with Gasteiger partial charge >= 0.3 is 0 Å². The normalized spacial score (nSPS) is 10.8. The number of anilines is 1. The maximum atomic E-state index is 12.6. The summed E-state index contributed by atoms with van der Waals surface area (Å²) in [6.07, 6.45) is 1.49. The third-order valence-corrected chi connectivity index (χ3v) is 4.21. The van der Waals surface area contributed by atoms with Crippen molar-refractivity contribution in [3.63, 3.8) is 0 Å². The zero-order valence-electron chi connectivity index (χ0n) is 14.1. The van der Waals surface area contributed by atoms with Crippen LogP contribution in [0.15, 0.2) is 60.9 Å². The predicted octanol–water partition coefficient (Wildman–Crippen LogP) is 3.61. The van der Waals surface area contributed by atoms with Gasteiger partial charge in [0.25, 0.3) is 11.6 Å². The third-order valence-electron chi connectivity index (χ3n) is 3.98. The highest BCUT2D eigenvalue weighted by atomic mass is 35.5. The van der Waals surface area contributed by atoms with Gasteiger partial charge in [0, 0.05) is 22.3 Å². The Labute approximate surface area is 162 Å². The summed E-state index contributed by atoms with van der Waals surface area (Å²) in [4.78, 5) is 23.1. The maximum Gasteiger partial charge on any atom is 0.282 e. The van der Waals surface area contributed by atoms with Gasteiger partial charge in [-0.1, -0.05) is 23.7 Å². The minimum absolute atomic E-state index is 0.119. The highest BCUT2D eigenvalue weighted by Crippen LogP contribution is 2.25. The van der Waals surface area contributed by atoms with E-state index in [1.165, 1.54) is 29.0 Å². The summed E-state index contributed by atoms with van der Waals surface area (Å²) in [5, 5.41) is 26.2. The highest BCUT2D eigenvalue weighted by Gasteiger charge is 2.20. The molecule has 1 amide bonds. The summed E-state index contributed by atoms with van der Waals surface area (Å²) in [6.45, 7) is 0. The number of halogens is 1. The summed E-state index contributed by atoms with van der Waals surface area (Å²) in [5.41, 5.74) is 2.03. The van der Waals surface area contributed by atoms with Crippen LogP contribution in [-0.4, -0.2) is 30.6 Å². The Morgan fingerprint density at radius 1 is 1.14 bits per heavy atom. The number of nitrogens with one attached hydrogen (secondary N) is 1. The molecule has 2 heterocycles. The van der Waals surface area contributed by atoms with Crippen molar-refractivity contribution in [1.29, 1.82) is 0 Å². The van der Waals surface area contributed by atoms with Gasteiger partial charge in [0.05, 0.1) is 10.6 Å². The fourth-order valence-electron chi connectivity index (χ4n) is 2.69. The first-order valence-corrected chi connectivity index (χ1v) is 8.42. The molecule has 9 nitrogen and oxygen atoms in total. The highest BCUT2D eigenvalue weighted by molar-refractivity contribution is 6.31. The van der Waals surface area contributed by atoms with Crippen molar-refractivity contribution < 1.29 is 9.72 Å². The zero-order chi connectivity index (χ0) is 19.7. The zero-order valence-corrected chi connectivity index (χ0v) is 14.9. The van der Waals surface area contributed by atoms with Gasteiger partial charge in [0.1, 0.15) is 11.9 Å². The molecule has 0 fully saturated rings. The van der Waals surface area contributed by atoms with Crippen LogP contribution in [0.2, 0.25) is 5.02 Å². The van der Waals surface area contributed by atoms with Crippen LogP contribution in [0, 0.1) is 10.1 Å². The Balaban J connectivity index is 1.64. The van der Waals surface area contributed by atoms with Crippen LogP contribution in [0.4, 0.5) is 11.4 Å². The van der Waals surface area contributed by atoms with Crippen molar-refractivity contribution in [3.8, 4) is 11.3 Å². The lowest BCUT2D eigenvalue weighted by Gasteiger charge is -2.08. The van der Waals surface area contributed by atoms with Gasteiger partial charge < -0.3 is 5.32 Å². The van der Waals surface area contributed by atoms with Crippen LogP contribution in [0.5, 0.6) is 0 Å². The molecule has 0 saturated heterocycles. The molecule has 0 spiro atoms. The maximum absolute atomic E-state index is 12.6. The lowest BCUT2D eigenvalue weighted by molar-refractivity contribution is -0.385. The second kappa shape index (κ2) is 7.05. The molecule has 4 rings (SSSR count). The van der Waals surface area contributed by atoms with Crippen molar-refractivity contribution >= 4 is 34.5 Å². The number of aromatic nitrogens is 4. The molecule has 4 aromatic rings. The first-order chi connectivity index (χ1) is 13.5. The molecule has 0 radical (unpaired) electrons. The molecule has 0 bridgehead atoms. The Kier molecular flexibility index (Phi) is 4.42. The molecule has 0 atom stereocenters. The summed E-state index contributed by atoms with van der Waals surface area (Å²) in [5.74, 6) is -0.631. The number of hydrogen-bond acceptors (Lipinski definition) is 6. The second-order valence-corrected chi connectivity index (χ2v) is 6.24. The molecule has 0 aliphatic heterocycles. The number of rotatable bonds is 4. The summed E-state index contributed by atoms with van der Waals surface area (Å²) >= 11 is 5.89. The Hall–Kier alpha value is -3.85. The topological polar surface area (TPSA) is 115 Å². The molecule has 0 aliphatic carbocycles. The second-order valence-electron chi connectivity index (χ2n) is 5.81. The number of nitro benzene ring substituents is 1. The van der Waals surface area contributed by atoms with Crippen molar-refractivity contribution in [2.24, 2.45) is 0 Å². The fraction of sp³-hybridized carbons (Fsp3) is 0. The van der Waals surface area contributed by atoms with Gasteiger partial charge in [-0.25, -0.2) is 0 Å². The molecular formula is C18H11ClN6O3. The van der Waals surface area contributed by atoms with E-state index < -0.39 is 10.8 Å². The number of amides is 1. The predicted molar refractivity (Wildman–Crippen MR) is 102 cm³/mol. The van der Waals surface area contributed by atoms with E-state index in [1.54, 1.807) is 30.3 Å². The number of benzene rings is 2. The first kappa shape index (κ1) is 17.6. The first-order valence-electron chi connectivity index (χ1n) is 8.04. The molecule has 138 valence electrons. The minimum atomic E-state index is -0.631. The Morgan fingerprint density at radius 3 is 2.82 bits per heavy atom. The SMILES string of the molecule is O=C(Nc1cccc(-c2ccc3nncn3n2)c1)c1cc(Cl)ccc1[N+](=O)[O-]. The van der Waals surface area contributed by atoms with Gasteiger partial charge in [-0.15, -0.1) is 10.2 Å². The smallest absolute Gasteiger partial charge is 0.282 e. The largest absolute Gasteiger partial charge is 0.322 e. The van der Waals surface area contributed by atoms with E-state index in [-0.39, 0.29) is 16.3 Å². The number of nitrogens with zero attached hydrogens (tertiary/aromatic N) is 5. The van der Waals surface area contributed by atoms with Gasteiger partial charge in [-0.3, -0.25) is 14.9 Å². The van der Waals surface area contributed by atoms with E-state index in [0.717, 1.165) is 5.56 Å². The van der Waals surface area contributed by atoms with Crippen LogP contribution in [0.3, 0.4) is 0 Å². The van der Waals surface area contributed by atoms with Crippen LogP contribution < -0.4 is 5.32 Å². The molecule has 2 aromatic heterocycles. The Bertz CT molecular complexity index is 1220. The van der Waals surface area contributed by atoms with Gasteiger partial charge in [-0.2, -0.15) is 9.61 Å². The van der Waals surface area contributed by atoms with E-state index >= 15 is 0 Å². The van der Waals surface area contributed by atoms with Gasteiger partial charge in [-0.05, 0) is 36.4 Å². The van der Waals surface area contributed by atoms with Crippen molar-refractivity contribution in [1.82, 2.24) is 19.8 Å². The van der Waals surface area contributed by atoms with Crippen molar-refractivity contribution in [2.45, 2.75) is 0 Å². The van der Waals surface area contributed by atoms with Crippen LogP contribution in [0.25, 0.3) is 16.9 Å². The molecule has 0 saturated carbocycles. The number of fused-ring (bicyclic) bond motifs is 1. The molecule has 10 heteroatoms. The molecule has 2 aromatic carbocycles. The molecular weight excluding hydrogens is 384 g/mol. The average Bonchev–Trinajstić information content (AvgIpc) is 3.15. The fourth-order valence-corrected chi connectivity index (χ4v) is 2.86. The van der Waals surface area contributed by atoms with Crippen LogP contribution >= 0.6 is 11.6 Å². The molecule has 1 N–H and O–H groups in total. The summed E-state index contributed by atoms with van der Waals surface area (Å²) < 4.78 is 1.54. The van der Waals surface area contributed by atoms with E-state index in [2.05, 4.69) is 20.6 Å². The lowest BCUT2D eigenvalue weighted by atomic mass is 10.1. The Morgan fingerprint density at radius 2 is 2.00 bits per heavy atom. The summed E-state index contributed by atoms with van der Waals surface area (Å²) in [6, 6.07) is 14.4. The van der Waals surface area contributed by atoms with E-state index in [9.17, 15) is 14.9 Å². The van der Waals surface area contributed by atoms with E-state index in [0.29, 0.717) is 17.0 Å². The molecule has 0 aliphatic rings. The van der Waals surface area contributed by atoms with Crippen molar-refractivity contribution in [2.75, 3.05) is 5.32 Å². The van der Waals surface area contributed by atoms with Crippen LogP contribution in [-0.2, 0) is 0 Å². The van der Waals surface area contributed by atoms with Crippen molar-refractivity contribution in [3.05, 3.63) is 81.6 Å². The number of nitro groups is 1. The summed E-state index contributed by atoms with van der Waals surface area (Å²) in [7, 11) is 0. The minimum Gasteiger partial charge on any atom is -0.322 e. The third kappa shape index (κ3) is 3.38. The number of carbonyl (C=O) groups excluding carboxylic acids is 1. The van der Waals surface area contributed by atoms with E-state index in [4.69, 9.17) is 11.6 Å². The number of hydrogen-bond donors (Lipinski definition) is 1. The monoisotopic (exact) mass is 394 g/mol. The molecule has 0 unspecified atom stereocenters.